The minimum atomic E-state index is 0.528. The predicted octanol–water partition coefficient (Wildman–Crippen LogP) is 3.57. The van der Waals surface area contributed by atoms with Crippen molar-refractivity contribution >= 4 is 15.9 Å². The van der Waals surface area contributed by atoms with Gasteiger partial charge in [0, 0.05) is 17.6 Å². The second-order valence-corrected chi connectivity index (χ2v) is 4.48. The fourth-order valence-electron chi connectivity index (χ4n) is 1.34. The second-order valence-electron chi connectivity index (χ2n) is 3.69. The van der Waals surface area contributed by atoms with E-state index in [-0.39, 0.29) is 0 Å². The summed E-state index contributed by atoms with van der Waals surface area (Å²) in [5.74, 6) is 0. The van der Waals surface area contributed by atoms with E-state index in [9.17, 15) is 0 Å². The molecular weight excluding hydrogens is 240 g/mol. The summed E-state index contributed by atoms with van der Waals surface area (Å²) in [6.07, 6.45) is 6.80. The Hall–Kier alpha value is -0.310. The Morgan fingerprint density at radius 3 is 2.93 bits per heavy atom. The largest absolute Gasteiger partial charge is 0.270 e. The van der Waals surface area contributed by atoms with Crippen LogP contribution >= 0.6 is 15.9 Å². The summed E-state index contributed by atoms with van der Waals surface area (Å²) in [6, 6.07) is 2.67. The molecule has 1 aromatic heterocycles. The van der Waals surface area contributed by atoms with E-state index in [0.717, 1.165) is 18.2 Å². The average molecular weight is 259 g/mol. The fourth-order valence-corrected chi connectivity index (χ4v) is 1.74. The first-order chi connectivity index (χ1) is 6.77. The van der Waals surface area contributed by atoms with Crippen LogP contribution in [0.25, 0.3) is 0 Å². The molecule has 0 fully saturated rings. The van der Waals surface area contributed by atoms with E-state index < -0.39 is 0 Å². The molecule has 0 amide bonds. The molecule has 0 radical (unpaired) electrons. The van der Waals surface area contributed by atoms with Crippen LogP contribution in [0.4, 0.5) is 0 Å². The Kier molecular flexibility index (Phi) is 5.23. The highest BCUT2D eigenvalue weighted by Gasteiger charge is 2.03. The third-order valence-electron chi connectivity index (χ3n) is 2.52. The van der Waals surface area contributed by atoms with Crippen molar-refractivity contribution in [3.05, 3.63) is 18.0 Å². The van der Waals surface area contributed by atoms with Crippen LogP contribution in [0.3, 0.4) is 0 Å². The quantitative estimate of drug-likeness (QED) is 0.564. The maximum Gasteiger partial charge on any atom is 0.0624 e. The predicted molar refractivity (Wildman–Crippen MR) is 64.0 cm³/mol. The van der Waals surface area contributed by atoms with Crippen molar-refractivity contribution in [2.75, 3.05) is 5.33 Å². The van der Waals surface area contributed by atoms with E-state index in [4.69, 9.17) is 0 Å². The van der Waals surface area contributed by atoms with Crippen LogP contribution in [0.2, 0.25) is 0 Å². The van der Waals surface area contributed by atoms with Crippen LogP contribution < -0.4 is 0 Å². The summed E-state index contributed by atoms with van der Waals surface area (Å²) in [7, 11) is 0. The van der Waals surface area contributed by atoms with Gasteiger partial charge in [-0.3, -0.25) is 4.68 Å². The van der Waals surface area contributed by atoms with Crippen molar-refractivity contribution < 1.29 is 0 Å². The van der Waals surface area contributed by atoms with Crippen LogP contribution in [0.15, 0.2) is 12.3 Å². The topological polar surface area (TPSA) is 17.8 Å². The van der Waals surface area contributed by atoms with Gasteiger partial charge in [-0.25, -0.2) is 0 Å². The summed E-state index contributed by atoms with van der Waals surface area (Å²) in [5.41, 5.74) is 1.23. The Balaban J connectivity index is 2.42. The molecule has 1 atom stereocenters. The Bertz CT molecular complexity index is 258. The maximum atomic E-state index is 4.55. The van der Waals surface area contributed by atoms with Crippen molar-refractivity contribution in [1.29, 1.82) is 0 Å². The summed E-state index contributed by atoms with van der Waals surface area (Å²) in [6.45, 7) is 4.39. The number of hydrogen-bond acceptors (Lipinski definition) is 1. The highest BCUT2D eigenvalue weighted by molar-refractivity contribution is 9.09. The first-order valence-corrected chi connectivity index (χ1v) is 6.50. The molecule has 0 aliphatic carbocycles. The molecule has 0 spiro atoms. The van der Waals surface area contributed by atoms with Gasteiger partial charge in [0.15, 0.2) is 0 Å². The standard InChI is InChI=1S/C11H19BrN2/c1-3-10(2)14-9-7-11(13-14)6-4-5-8-12/h7,9-10H,3-6,8H2,1-2H3. The molecule has 0 saturated carbocycles. The monoisotopic (exact) mass is 258 g/mol. The van der Waals surface area contributed by atoms with E-state index in [2.05, 4.69) is 51.8 Å². The molecule has 1 unspecified atom stereocenters. The third-order valence-corrected chi connectivity index (χ3v) is 3.08. The molecule has 0 aliphatic rings. The van der Waals surface area contributed by atoms with Crippen molar-refractivity contribution in [3.8, 4) is 0 Å². The van der Waals surface area contributed by atoms with Gasteiger partial charge in [-0.1, -0.05) is 22.9 Å². The molecule has 3 heteroatoms. The zero-order valence-electron chi connectivity index (χ0n) is 9.04. The number of nitrogens with zero attached hydrogens (tertiary/aromatic N) is 2. The first-order valence-electron chi connectivity index (χ1n) is 5.38. The zero-order chi connectivity index (χ0) is 10.4. The van der Waals surface area contributed by atoms with Gasteiger partial charge in [-0.05, 0) is 38.7 Å². The van der Waals surface area contributed by atoms with E-state index in [0.29, 0.717) is 6.04 Å². The fraction of sp³-hybridized carbons (Fsp3) is 0.727. The van der Waals surface area contributed by atoms with E-state index >= 15 is 0 Å². The molecule has 0 N–H and O–H groups in total. The van der Waals surface area contributed by atoms with Gasteiger partial charge in [-0.15, -0.1) is 0 Å². The molecule has 1 rings (SSSR count). The summed E-state index contributed by atoms with van der Waals surface area (Å²) in [4.78, 5) is 0. The number of aryl methyl sites for hydroxylation is 1. The number of aromatic nitrogens is 2. The minimum Gasteiger partial charge on any atom is -0.270 e. The Morgan fingerprint density at radius 1 is 1.50 bits per heavy atom. The van der Waals surface area contributed by atoms with Crippen LogP contribution in [0, 0.1) is 0 Å². The smallest absolute Gasteiger partial charge is 0.0624 e. The number of unbranched alkanes of at least 4 members (excludes halogenated alkanes) is 1. The van der Waals surface area contributed by atoms with Crippen LogP contribution in [-0.4, -0.2) is 15.1 Å². The van der Waals surface area contributed by atoms with Crippen molar-refractivity contribution in [1.82, 2.24) is 9.78 Å². The SMILES string of the molecule is CCC(C)n1ccc(CCCCBr)n1. The number of rotatable bonds is 6. The summed E-state index contributed by atoms with van der Waals surface area (Å²) >= 11 is 3.44. The molecule has 14 heavy (non-hydrogen) atoms. The maximum absolute atomic E-state index is 4.55. The Labute approximate surface area is 94.8 Å². The van der Waals surface area contributed by atoms with Crippen LogP contribution in [-0.2, 0) is 6.42 Å². The van der Waals surface area contributed by atoms with Crippen molar-refractivity contribution in [2.45, 2.75) is 45.6 Å². The van der Waals surface area contributed by atoms with Crippen molar-refractivity contribution in [2.24, 2.45) is 0 Å². The first kappa shape index (κ1) is 11.8. The van der Waals surface area contributed by atoms with Gasteiger partial charge < -0.3 is 0 Å². The number of hydrogen-bond donors (Lipinski definition) is 0. The molecule has 2 nitrogen and oxygen atoms in total. The average Bonchev–Trinajstić information content (AvgIpc) is 2.66. The van der Waals surface area contributed by atoms with E-state index in [1.807, 2.05) is 0 Å². The normalized spacial score (nSPS) is 13.1. The van der Waals surface area contributed by atoms with Gasteiger partial charge in [0.05, 0.1) is 5.69 Å². The van der Waals surface area contributed by atoms with E-state index in [1.165, 1.54) is 18.5 Å². The lowest BCUT2D eigenvalue weighted by Crippen LogP contribution is -2.04. The molecule has 1 heterocycles. The summed E-state index contributed by atoms with van der Waals surface area (Å²) < 4.78 is 2.07. The van der Waals surface area contributed by atoms with Crippen LogP contribution in [0.5, 0.6) is 0 Å². The summed E-state index contributed by atoms with van der Waals surface area (Å²) in [5, 5.41) is 5.65. The highest BCUT2D eigenvalue weighted by atomic mass is 79.9. The van der Waals surface area contributed by atoms with Crippen LogP contribution in [0.1, 0.15) is 44.8 Å². The number of alkyl halides is 1. The molecule has 1 aromatic rings. The lowest BCUT2D eigenvalue weighted by Gasteiger charge is -2.07. The van der Waals surface area contributed by atoms with E-state index in [1.54, 1.807) is 0 Å². The lowest BCUT2D eigenvalue weighted by molar-refractivity contribution is 0.473. The third kappa shape index (κ3) is 3.45. The van der Waals surface area contributed by atoms with Crippen molar-refractivity contribution in [3.63, 3.8) is 0 Å². The highest BCUT2D eigenvalue weighted by Crippen LogP contribution is 2.10. The Morgan fingerprint density at radius 2 is 2.29 bits per heavy atom. The van der Waals surface area contributed by atoms with Gasteiger partial charge in [0.25, 0.3) is 0 Å². The molecule has 0 aromatic carbocycles. The molecule has 0 saturated heterocycles. The molecule has 80 valence electrons. The minimum absolute atomic E-state index is 0.528. The van der Waals surface area contributed by atoms with Gasteiger partial charge in [0.2, 0.25) is 0 Å². The molecule has 0 aliphatic heterocycles. The zero-order valence-corrected chi connectivity index (χ0v) is 10.6. The molecular formula is C11H19BrN2. The lowest BCUT2D eigenvalue weighted by atomic mass is 10.2. The van der Waals surface area contributed by atoms with Gasteiger partial charge >= 0.3 is 0 Å². The second kappa shape index (κ2) is 6.23. The van der Waals surface area contributed by atoms with Gasteiger partial charge in [-0.2, -0.15) is 5.10 Å². The number of halogens is 1. The molecule has 0 bridgehead atoms. The van der Waals surface area contributed by atoms with Gasteiger partial charge in [0.1, 0.15) is 0 Å².